The molecule has 0 bridgehead atoms. The zero-order valence-corrected chi connectivity index (χ0v) is 14.1. The number of esters is 1. The van der Waals surface area contributed by atoms with Crippen LogP contribution >= 0.6 is 0 Å². The number of hydrogen-bond acceptors (Lipinski definition) is 3. The second-order valence-corrected chi connectivity index (χ2v) is 6.52. The van der Waals surface area contributed by atoms with Crippen LogP contribution in [0.25, 0.3) is 10.8 Å². The summed E-state index contributed by atoms with van der Waals surface area (Å²) in [7, 11) is 0. The highest BCUT2D eigenvalue weighted by Crippen LogP contribution is 2.46. The van der Waals surface area contributed by atoms with Crippen molar-refractivity contribution >= 4 is 22.5 Å². The number of carbonyl (C=O) groups is 2. The quantitative estimate of drug-likeness (QED) is 0.753. The van der Waals surface area contributed by atoms with Crippen molar-refractivity contribution in [3.05, 3.63) is 48.0 Å². The summed E-state index contributed by atoms with van der Waals surface area (Å²) in [5, 5.41) is 1.86. The maximum Gasteiger partial charge on any atom is 0.377 e. The smallest absolute Gasteiger partial charge is 0.377 e. The number of alkyl halides is 2. The number of ether oxygens (including phenoxy) is 1. The third-order valence-electron chi connectivity index (χ3n) is 4.94. The normalized spacial score (nSPS) is 20.8. The van der Waals surface area contributed by atoms with Crippen LogP contribution in [0.3, 0.4) is 0 Å². The largest absolute Gasteiger partial charge is 0.462 e. The zero-order chi connectivity index (χ0) is 18.1. The fourth-order valence-electron chi connectivity index (χ4n) is 3.70. The zero-order valence-electron chi connectivity index (χ0n) is 14.1. The van der Waals surface area contributed by atoms with Gasteiger partial charge in [0.05, 0.1) is 12.0 Å². The standard InChI is InChI=1S/C20H20F2O3/c1-2-25-18(24)20(21,22)13-19(11-5-8-17(19)23)16-10-9-14-6-3-4-7-15(14)12-16/h3-4,6-7,9-10,12H,2,5,8,11,13H2,1H3. The molecule has 0 spiro atoms. The molecule has 1 atom stereocenters. The minimum Gasteiger partial charge on any atom is -0.462 e. The van der Waals surface area contributed by atoms with E-state index >= 15 is 0 Å². The molecule has 1 aliphatic carbocycles. The Hall–Kier alpha value is -2.30. The molecule has 0 aromatic heterocycles. The number of carbonyl (C=O) groups excluding carboxylic acids is 2. The fraction of sp³-hybridized carbons (Fsp3) is 0.400. The van der Waals surface area contributed by atoms with E-state index in [0.717, 1.165) is 10.8 Å². The Balaban J connectivity index is 2.04. The van der Waals surface area contributed by atoms with Crippen molar-refractivity contribution in [3.8, 4) is 0 Å². The van der Waals surface area contributed by atoms with Crippen LogP contribution in [-0.2, 0) is 19.7 Å². The molecule has 2 aromatic rings. The molecule has 132 valence electrons. The van der Waals surface area contributed by atoms with Gasteiger partial charge >= 0.3 is 11.9 Å². The first-order valence-electron chi connectivity index (χ1n) is 8.47. The van der Waals surface area contributed by atoms with Crippen LogP contribution in [0.15, 0.2) is 42.5 Å². The van der Waals surface area contributed by atoms with Gasteiger partial charge in [-0.2, -0.15) is 8.78 Å². The van der Waals surface area contributed by atoms with Crippen LogP contribution in [-0.4, -0.2) is 24.3 Å². The molecule has 1 saturated carbocycles. The van der Waals surface area contributed by atoms with Crippen LogP contribution in [0.2, 0.25) is 0 Å². The molecule has 0 N–H and O–H groups in total. The van der Waals surface area contributed by atoms with Crippen molar-refractivity contribution in [2.75, 3.05) is 6.61 Å². The summed E-state index contributed by atoms with van der Waals surface area (Å²) in [6.07, 6.45) is 0.283. The predicted molar refractivity (Wildman–Crippen MR) is 90.7 cm³/mol. The topological polar surface area (TPSA) is 43.4 Å². The van der Waals surface area contributed by atoms with Gasteiger partial charge in [-0.25, -0.2) is 4.79 Å². The molecule has 0 radical (unpaired) electrons. The van der Waals surface area contributed by atoms with Crippen LogP contribution in [0.4, 0.5) is 8.78 Å². The number of hydrogen-bond donors (Lipinski definition) is 0. The van der Waals surface area contributed by atoms with Crippen LogP contribution in [0.1, 0.15) is 38.2 Å². The molecule has 0 saturated heterocycles. The van der Waals surface area contributed by atoms with Gasteiger partial charge in [0, 0.05) is 12.8 Å². The van der Waals surface area contributed by atoms with Gasteiger partial charge < -0.3 is 4.74 Å². The van der Waals surface area contributed by atoms with Gasteiger partial charge in [0.1, 0.15) is 5.78 Å². The van der Waals surface area contributed by atoms with E-state index in [9.17, 15) is 18.4 Å². The second kappa shape index (κ2) is 6.54. The monoisotopic (exact) mass is 346 g/mol. The first-order valence-corrected chi connectivity index (χ1v) is 8.47. The summed E-state index contributed by atoms with van der Waals surface area (Å²) in [5.74, 6) is -5.48. The maximum absolute atomic E-state index is 14.4. The van der Waals surface area contributed by atoms with Crippen LogP contribution < -0.4 is 0 Å². The van der Waals surface area contributed by atoms with Crippen LogP contribution in [0, 0.1) is 0 Å². The summed E-state index contributed by atoms with van der Waals surface area (Å²) in [6.45, 7) is 1.36. The van der Waals surface area contributed by atoms with Crippen molar-refractivity contribution < 1.29 is 23.1 Å². The maximum atomic E-state index is 14.4. The van der Waals surface area contributed by atoms with E-state index in [4.69, 9.17) is 0 Å². The summed E-state index contributed by atoms with van der Waals surface area (Å²) in [4.78, 5) is 24.3. The first-order chi connectivity index (χ1) is 11.9. The Bertz CT molecular complexity index is 815. The van der Waals surface area contributed by atoms with Gasteiger partial charge in [-0.15, -0.1) is 0 Å². The van der Waals surface area contributed by atoms with E-state index in [1.807, 2.05) is 30.3 Å². The van der Waals surface area contributed by atoms with Crippen LogP contribution in [0.5, 0.6) is 0 Å². The third kappa shape index (κ3) is 3.15. The molecule has 5 heteroatoms. The number of Topliss-reactive ketones (excluding diaryl/α,β-unsaturated/α-hetero) is 1. The number of ketones is 1. The summed E-state index contributed by atoms with van der Waals surface area (Å²) < 4.78 is 33.4. The molecular weight excluding hydrogens is 326 g/mol. The molecule has 1 aliphatic rings. The van der Waals surface area contributed by atoms with Crippen molar-refractivity contribution in [2.24, 2.45) is 0 Å². The van der Waals surface area contributed by atoms with E-state index in [2.05, 4.69) is 4.74 Å². The Labute approximate surface area is 145 Å². The SMILES string of the molecule is CCOC(=O)C(F)(F)CC1(c2ccc3ccccc3c2)CCCC1=O. The molecule has 0 heterocycles. The second-order valence-electron chi connectivity index (χ2n) is 6.52. The average Bonchev–Trinajstić information content (AvgIpc) is 2.95. The summed E-state index contributed by atoms with van der Waals surface area (Å²) in [5.41, 5.74) is -0.780. The van der Waals surface area contributed by atoms with Gasteiger partial charge in [-0.3, -0.25) is 4.79 Å². The highest BCUT2D eigenvalue weighted by Gasteiger charge is 2.54. The van der Waals surface area contributed by atoms with Gasteiger partial charge in [-0.05, 0) is 36.1 Å². The predicted octanol–water partition coefficient (Wildman–Crippen LogP) is 4.42. The summed E-state index contributed by atoms with van der Waals surface area (Å²) >= 11 is 0. The third-order valence-corrected chi connectivity index (χ3v) is 4.94. The van der Waals surface area contributed by atoms with E-state index < -0.39 is 23.7 Å². The van der Waals surface area contributed by atoms with E-state index in [-0.39, 0.29) is 18.8 Å². The fourth-order valence-corrected chi connectivity index (χ4v) is 3.70. The average molecular weight is 346 g/mol. The molecule has 1 unspecified atom stereocenters. The lowest BCUT2D eigenvalue weighted by molar-refractivity contribution is -0.174. The number of benzene rings is 2. The Morgan fingerprint density at radius 2 is 1.92 bits per heavy atom. The van der Waals surface area contributed by atoms with Crippen molar-refractivity contribution in [2.45, 2.75) is 43.9 Å². The molecule has 2 aromatic carbocycles. The minimum atomic E-state index is -3.69. The molecule has 25 heavy (non-hydrogen) atoms. The van der Waals surface area contributed by atoms with Crippen molar-refractivity contribution in [3.63, 3.8) is 0 Å². The molecule has 0 amide bonds. The van der Waals surface area contributed by atoms with Gasteiger partial charge in [-0.1, -0.05) is 42.5 Å². The number of rotatable bonds is 5. The molecular formula is C20H20F2O3. The molecule has 1 fully saturated rings. The molecule has 3 nitrogen and oxygen atoms in total. The van der Waals surface area contributed by atoms with E-state index in [0.29, 0.717) is 18.4 Å². The lowest BCUT2D eigenvalue weighted by atomic mass is 9.73. The van der Waals surface area contributed by atoms with Gasteiger partial charge in [0.15, 0.2) is 0 Å². The molecule has 3 rings (SSSR count). The lowest BCUT2D eigenvalue weighted by Gasteiger charge is -2.31. The highest BCUT2D eigenvalue weighted by molar-refractivity contribution is 5.95. The van der Waals surface area contributed by atoms with Gasteiger partial charge in [0.2, 0.25) is 0 Å². The highest BCUT2D eigenvalue weighted by atomic mass is 19.3. The minimum absolute atomic E-state index is 0.120. The number of fused-ring (bicyclic) bond motifs is 1. The first kappa shape index (κ1) is 17.5. The Morgan fingerprint density at radius 1 is 1.20 bits per heavy atom. The van der Waals surface area contributed by atoms with E-state index in [1.165, 1.54) is 6.92 Å². The number of halogens is 2. The Kier molecular flexibility index (Phi) is 4.58. The van der Waals surface area contributed by atoms with Crippen molar-refractivity contribution in [1.29, 1.82) is 0 Å². The van der Waals surface area contributed by atoms with Crippen molar-refractivity contribution in [1.82, 2.24) is 0 Å². The van der Waals surface area contributed by atoms with E-state index in [1.54, 1.807) is 12.1 Å². The van der Waals surface area contributed by atoms with Gasteiger partial charge in [0.25, 0.3) is 0 Å². The summed E-state index contributed by atoms with van der Waals surface area (Å²) in [6, 6.07) is 12.9. The molecule has 0 aliphatic heterocycles. The lowest BCUT2D eigenvalue weighted by Crippen LogP contribution is -2.42. The Morgan fingerprint density at radius 3 is 2.56 bits per heavy atom.